The molecule has 3 aromatic heterocycles. The minimum Gasteiger partial charge on any atom is -0.464 e. The summed E-state index contributed by atoms with van der Waals surface area (Å²) in [5, 5.41) is 8.20. The van der Waals surface area contributed by atoms with Gasteiger partial charge in [0.05, 0.1) is 40.9 Å². The number of carbonyl (C=O) groups excluding carboxylic acids is 4. The lowest BCUT2D eigenvalue weighted by atomic mass is 9.84. The summed E-state index contributed by atoms with van der Waals surface area (Å²) in [5.74, 6) is -2.13. The molecule has 0 spiro atoms. The largest absolute Gasteiger partial charge is 0.464 e. The first-order chi connectivity index (χ1) is 28.7. The molecule has 0 saturated carbocycles. The maximum atomic E-state index is 14.4. The predicted molar refractivity (Wildman–Crippen MR) is 230 cm³/mol. The van der Waals surface area contributed by atoms with Gasteiger partial charge >= 0.3 is 5.97 Å². The predicted octanol–water partition coefficient (Wildman–Crippen LogP) is 5.72. The molecule has 4 aromatic rings. The molecule has 3 amide bonds. The molecular formula is C45H59N7O7S. The molecule has 1 aromatic carbocycles. The van der Waals surface area contributed by atoms with Crippen LogP contribution in [0.5, 0.6) is 0 Å². The van der Waals surface area contributed by atoms with Gasteiger partial charge < -0.3 is 29.0 Å². The number of nitrogens with zero attached hydrogens (tertiary/aromatic N) is 5. The molecule has 6 heterocycles. The second-order valence-corrected chi connectivity index (χ2v) is 18.4. The third-order valence-electron chi connectivity index (χ3n) is 12.2. The highest BCUT2D eigenvalue weighted by Gasteiger charge is 2.38. The molecule has 0 unspecified atom stereocenters. The standard InChI is InChI=1S/C45H59N7O7S/c1-9-51-37-15-14-28-18-32(37)33(41(51)30-12-10-16-46-40(30)27(4)57-7)21-45(5,6)25-59-44(56)34-13-11-17-52(49-34)43(55)35(20-38-47-36(28)24-60-38)48-42(54)31(26(2)3)19-39(53)50-22-29(23-50)58-8/h10,12,14-16,18,24,26-27,29,31,34-35,49H,9,11,13,17,19-23,25H2,1-8H3,(H,48,54)/t27-,31-,34-,35-/m0/s1. The maximum absolute atomic E-state index is 14.4. The van der Waals surface area contributed by atoms with E-state index in [1.807, 2.05) is 32.2 Å². The van der Waals surface area contributed by atoms with Crippen LogP contribution in [0.3, 0.4) is 0 Å². The third kappa shape index (κ3) is 9.00. The summed E-state index contributed by atoms with van der Waals surface area (Å²) in [6, 6.07) is 8.69. The Kier molecular flexibility index (Phi) is 13.1. The average Bonchev–Trinajstić information content (AvgIpc) is 3.81. The van der Waals surface area contributed by atoms with E-state index in [1.54, 1.807) is 25.3 Å². The Hall–Kier alpha value is -4.70. The SMILES string of the molecule is CCn1c(-c2cccnc2[C@H](C)OC)c2c3cc(ccc31)-c1csc(n1)C[C@H](NC(=O)[C@@H](CC(=O)N1CC(OC)C1)C(C)C)C(=O)N1CCC[C@H](N1)C(=O)OCC(C)(C)C2. The molecule has 15 heteroatoms. The minimum absolute atomic E-state index is 0.00169. The number of esters is 1. The highest BCUT2D eigenvalue weighted by Crippen LogP contribution is 2.42. The van der Waals surface area contributed by atoms with Crippen molar-refractivity contribution in [2.75, 3.05) is 40.5 Å². The van der Waals surface area contributed by atoms with Crippen molar-refractivity contribution in [2.45, 2.75) is 104 Å². The summed E-state index contributed by atoms with van der Waals surface area (Å²) in [6.45, 7) is 14.4. The van der Waals surface area contributed by atoms with E-state index in [-0.39, 0.29) is 55.3 Å². The Bertz CT molecular complexity index is 2230. The Labute approximate surface area is 356 Å². The molecule has 2 saturated heterocycles. The monoisotopic (exact) mass is 841 g/mol. The first-order valence-corrected chi connectivity index (χ1v) is 22.0. The molecule has 7 rings (SSSR count). The van der Waals surface area contributed by atoms with Crippen LogP contribution < -0.4 is 10.7 Å². The summed E-state index contributed by atoms with van der Waals surface area (Å²) in [5.41, 5.74) is 9.40. The molecule has 322 valence electrons. The van der Waals surface area contributed by atoms with E-state index in [2.05, 4.69) is 60.3 Å². The number of likely N-dealkylation sites (tertiary alicyclic amines) is 1. The van der Waals surface area contributed by atoms with Crippen molar-refractivity contribution < 1.29 is 33.4 Å². The number of methoxy groups -OCH3 is 2. The van der Waals surface area contributed by atoms with Crippen LogP contribution in [0.4, 0.5) is 0 Å². The van der Waals surface area contributed by atoms with E-state index in [1.165, 1.54) is 16.3 Å². The molecule has 2 fully saturated rings. The number of pyridine rings is 1. The highest BCUT2D eigenvalue weighted by atomic mass is 32.1. The van der Waals surface area contributed by atoms with Gasteiger partial charge in [-0.25, -0.2) is 10.4 Å². The molecule has 14 nitrogen and oxygen atoms in total. The fourth-order valence-electron chi connectivity index (χ4n) is 8.58. The van der Waals surface area contributed by atoms with Crippen molar-refractivity contribution in [3.05, 3.63) is 58.2 Å². The van der Waals surface area contributed by atoms with Crippen molar-refractivity contribution in [2.24, 2.45) is 17.3 Å². The number of ether oxygens (including phenoxy) is 3. The van der Waals surface area contributed by atoms with Crippen LogP contribution in [-0.4, -0.2) is 107 Å². The van der Waals surface area contributed by atoms with Crippen molar-refractivity contribution in [1.29, 1.82) is 0 Å². The Morgan fingerprint density at radius 1 is 1.13 bits per heavy atom. The van der Waals surface area contributed by atoms with Gasteiger partial charge in [0.2, 0.25) is 11.8 Å². The van der Waals surface area contributed by atoms with Crippen LogP contribution in [0.1, 0.15) is 83.2 Å². The lowest BCUT2D eigenvalue weighted by Crippen LogP contribution is -2.61. The van der Waals surface area contributed by atoms with E-state index in [9.17, 15) is 19.2 Å². The van der Waals surface area contributed by atoms with Gasteiger partial charge in [-0.1, -0.05) is 33.8 Å². The number of thiazole rings is 1. The zero-order valence-corrected chi connectivity index (χ0v) is 36.9. The molecule has 2 N–H and O–H groups in total. The first-order valence-electron chi connectivity index (χ1n) is 21.1. The van der Waals surface area contributed by atoms with Gasteiger partial charge in [0.25, 0.3) is 5.91 Å². The lowest BCUT2D eigenvalue weighted by molar-refractivity contribution is -0.155. The van der Waals surface area contributed by atoms with Gasteiger partial charge in [-0.05, 0) is 68.9 Å². The zero-order valence-electron chi connectivity index (χ0n) is 36.1. The number of aromatic nitrogens is 3. The van der Waals surface area contributed by atoms with Gasteiger partial charge in [0.1, 0.15) is 12.1 Å². The number of aryl methyl sites for hydroxylation is 1. The topological polar surface area (TPSA) is 157 Å². The number of cyclic esters (lactones) is 1. The van der Waals surface area contributed by atoms with Crippen LogP contribution in [-0.2, 0) is 52.8 Å². The van der Waals surface area contributed by atoms with Crippen LogP contribution in [0, 0.1) is 17.3 Å². The number of benzene rings is 1. The number of hydrogen-bond acceptors (Lipinski definition) is 11. The molecule has 60 heavy (non-hydrogen) atoms. The number of rotatable bonds is 10. The smallest absolute Gasteiger partial charge is 0.324 e. The second-order valence-electron chi connectivity index (χ2n) is 17.5. The fourth-order valence-corrected chi connectivity index (χ4v) is 9.43. The number of hydrazine groups is 1. The van der Waals surface area contributed by atoms with Gasteiger partial charge in [-0.15, -0.1) is 11.3 Å². The molecule has 0 aliphatic carbocycles. The van der Waals surface area contributed by atoms with Gasteiger partial charge in [-0.3, -0.25) is 29.2 Å². The Balaban J connectivity index is 1.28. The van der Waals surface area contributed by atoms with Crippen molar-refractivity contribution in [3.63, 3.8) is 0 Å². The summed E-state index contributed by atoms with van der Waals surface area (Å²) in [4.78, 5) is 67.1. The number of hydrogen-bond donors (Lipinski definition) is 2. The van der Waals surface area contributed by atoms with Crippen molar-refractivity contribution in [3.8, 4) is 22.5 Å². The van der Waals surface area contributed by atoms with Crippen molar-refractivity contribution >= 4 is 45.9 Å². The number of carbonyl (C=O) groups is 4. The minimum atomic E-state index is -1.01. The second kappa shape index (κ2) is 18.1. The van der Waals surface area contributed by atoms with Crippen LogP contribution in [0.15, 0.2) is 41.9 Å². The van der Waals surface area contributed by atoms with E-state index >= 15 is 0 Å². The average molecular weight is 842 g/mol. The molecule has 4 atom stereocenters. The van der Waals surface area contributed by atoms with E-state index in [4.69, 9.17) is 24.2 Å². The molecule has 3 aliphatic heterocycles. The third-order valence-corrected chi connectivity index (χ3v) is 13.1. The van der Waals surface area contributed by atoms with Crippen molar-refractivity contribution in [1.82, 2.24) is 35.2 Å². The van der Waals surface area contributed by atoms with Gasteiger partial charge in [0, 0.05) is 98.2 Å². The number of amides is 3. The summed E-state index contributed by atoms with van der Waals surface area (Å²) in [7, 11) is 3.31. The summed E-state index contributed by atoms with van der Waals surface area (Å²) >= 11 is 1.43. The van der Waals surface area contributed by atoms with Gasteiger partial charge in [-0.2, -0.15) is 0 Å². The molecule has 3 aliphatic rings. The summed E-state index contributed by atoms with van der Waals surface area (Å²) in [6.07, 6.45) is 3.36. The lowest BCUT2D eigenvalue weighted by Gasteiger charge is -2.39. The van der Waals surface area contributed by atoms with E-state index in [0.29, 0.717) is 50.4 Å². The maximum Gasteiger partial charge on any atom is 0.324 e. The molecular weight excluding hydrogens is 783 g/mol. The fraction of sp³-hybridized carbons (Fsp3) is 0.556. The van der Waals surface area contributed by atoms with Crippen LogP contribution in [0.25, 0.3) is 33.4 Å². The van der Waals surface area contributed by atoms with Crippen LogP contribution >= 0.6 is 11.3 Å². The zero-order chi connectivity index (χ0) is 42.9. The number of nitrogens with one attached hydrogen (secondary N) is 2. The summed E-state index contributed by atoms with van der Waals surface area (Å²) < 4.78 is 19.5. The first kappa shape index (κ1) is 43.4. The Morgan fingerprint density at radius 2 is 1.92 bits per heavy atom. The van der Waals surface area contributed by atoms with Gasteiger partial charge in [0.15, 0.2) is 0 Å². The highest BCUT2D eigenvalue weighted by molar-refractivity contribution is 7.10. The molecule has 6 bridgehead atoms. The van der Waals surface area contributed by atoms with E-state index in [0.717, 1.165) is 44.7 Å². The normalized spacial score (nSPS) is 21.0. The molecule has 0 radical (unpaired) electrons. The number of fused-ring (bicyclic) bond motifs is 6. The van der Waals surface area contributed by atoms with Crippen LogP contribution in [0.2, 0.25) is 0 Å². The quantitative estimate of drug-likeness (QED) is 0.189. The Morgan fingerprint density at radius 3 is 2.63 bits per heavy atom. The van der Waals surface area contributed by atoms with E-state index < -0.39 is 29.4 Å².